The van der Waals surface area contributed by atoms with Crippen molar-refractivity contribution >= 4 is 21.6 Å². The van der Waals surface area contributed by atoms with Crippen molar-refractivity contribution in [1.82, 2.24) is 19.3 Å². The van der Waals surface area contributed by atoms with E-state index in [9.17, 15) is 32.3 Å². The SMILES string of the molecule is O=c1c2cc(CC(F)(F)F)sc2n(Cc2ccc(-c3ccccc3-c3noc([O-])n3)cc2)c(=O)n1CCc1ccc(F)cc1.[K+]. The number of rotatable bonds is 8. The Labute approximate surface area is 299 Å². The first-order chi connectivity index (χ1) is 21.1. The molecule has 8 nitrogen and oxygen atoms in total. The maximum Gasteiger partial charge on any atom is 1.00 e. The van der Waals surface area contributed by atoms with E-state index >= 15 is 0 Å². The maximum absolute atomic E-state index is 13.7. The van der Waals surface area contributed by atoms with Gasteiger partial charge in [-0.2, -0.15) is 18.3 Å². The van der Waals surface area contributed by atoms with Gasteiger partial charge in [0.15, 0.2) is 11.9 Å². The number of hydrogen-bond donors (Lipinski definition) is 0. The predicted octanol–water partition coefficient (Wildman–Crippen LogP) is 2.55. The van der Waals surface area contributed by atoms with Gasteiger partial charge in [0.2, 0.25) is 0 Å². The van der Waals surface area contributed by atoms with Gasteiger partial charge in [0.1, 0.15) is 10.6 Å². The Morgan fingerprint density at radius 2 is 1.56 bits per heavy atom. The molecule has 0 unspecified atom stereocenters. The Morgan fingerprint density at radius 1 is 0.889 bits per heavy atom. The summed E-state index contributed by atoms with van der Waals surface area (Å²) in [6, 6.07) is 21.1. The van der Waals surface area contributed by atoms with Gasteiger partial charge >= 0.3 is 63.3 Å². The molecule has 3 aromatic heterocycles. The van der Waals surface area contributed by atoms with Gasteiger partial charge in [-0.1, -0.05) is 60.7 Å². The molecule has 3 aromatic carbocycles. The monoisotopic (exact) mass is 660 g/mol. The molecule has 3 heterocycles. The normalized spacial score (nSPS) is 11.6. The van der Waals surface area contributed by atoms with Gasteiger partial charge in [-0.15, -0.1) is 11.3 Å². The van der Waals surface area contributed by atoms with Crippen LogP contribution in [0.15, 0.2) is 93.0 Å². The van der Waals surface area contributed by atoms with E-state index in [-0.39, 0.29) is 91.8 Å². The molecule has 0 atom stereocenters. The minimum absolute atomic E-state index is 0. The Bertz CT molecular complexity index is 2090. The van der Waals surface area contributed by atoms with Crippen LogP contribution in [0.25, 0.3) is 32.7 Å². The van der Waals surface area contributed by atoms with Gasteiger partial charge in [-0.25, -0.2) is 14.2 Å². The third kappa shape index (κ3) is 7.37. The van der Waals surface area contributed by atoms with Gasteiger partial charge in [0, 0.05) is 17.0 Å². The minimum atomic E-state index is -4.49. The third-order valence-corrected chi connectivity index (χ3v) is 8.20. The van der Waals surface area contributed by atoms with Crippen molar-refractivity contribution in [2.24, 2.45) is 0 Å². The number of aryl methyl sites for hydroxylation is 1. The number of nitrogens with zero attached hydrogens (tertiary/aromatic N) is 4. The summed E-state index contributed by atoms with van der Waals surface area (Å²) >= 11 is 0.764. The molecule has 0 N–H and O–H groups in total. The summed E-state index contributed by atoms with van der Waals surface area (Å²) in [5.41, 5.74) is 2.07. The van der Waals surface area contributed by atoms with Gasteiger partial charge < -0.3 is 9.63 Å². The van der Waals surface area contributed by atoms with Gasteiger partial charge in [0.05, 0.1) is 18.4 Å². The molecule has 0 aliphatic heterocycles. The molecule has 0 aliphatic carbocycles. The molecule has 0 spiro atoms. The molecule has 0 amide bonds. The Kier molecular flexibility index (Phi) is 9.91. The van der Waals surface area contributed by atoms with Crippen LogP contribution in [0.1, 0.15) is 16.0 Å². The summed E-state index contributed by atoms with van der Waals surface area (Å²) < 4.78 is 59.9. The minimum Gasteiger partial charge on any atom is -0.528 e. The molecule has 45 heavy (non-hydrogen) atoms. The molecule has 0 aliphatic rings. The van der Waals surface area contributed by atoms with Crippen LogP contribution in [-0.4, -0.2) is 25.5 Å². The van der Waals surface area contributed by atoms with Crippen molar-refractivity contribution in [1.29, 1.82) is 0 Å². The van der Waals surface area contributed by atoms with Crippen LogP contribution in [0.2, 0.25) is 0 Å². The third-order valence-electron chi connectivity index (χ3n) is 7.04. The smallest absolute Gasteiger partial charge is 0.528 e. The van der Waals surface area contributed by atoms with E-state index in [1.54, 1.807) is 48.5 Å². The second kappa shape index (κ2) is 13.5. The second-order valence-electron chi connectivity index (χ2n) is 10.1. The molecule has 224 valence electrons. The molecule has 0 bridgehead atoms. The largest absolute Gasteiger partial charge is 1.00 e. The van der Waals surface area contributed by atoms with Gasteiger partial charge in [-0.3, -0.25) is 13.9 Å². The van der Waals surface area contributed by atoms with Crippen molar-refractivity contribution in [2.75, 3.05) is 0 Å². The number of aromatic nitrogens is 4. The van der Waals surface area contributed by atoms with Crippen molar-refractivity contribution in [3.8, 4) is 28.6 Å². The number of alkyl halides is 3. The molecule has 6 aromatic rings. The molecule has 14 heteroatoms. The summed E-state index contributed by atoms with van der Waals surface area (Å²) in [6.07, 6.45) is -6.29. The molecule has 0 saturated heterocycles. The van der Waals surface area contributed by atoms with Crippen molar-refractivity contribution in [2.45, 2.75) is 32.1 Å². The zero-order valence-electron chi connectivity index (χ0n) is 23.7. The van der Waals surface area contributed by atoms with Crippen molar-refractivity contribution in [3.05, 3.63) is 122 Å². The first-order valence-corrected chi connectivity index (χ1v) is 14.1. The number of hydrogen-bond acceptors (Lipinski definition) is 7. The number of fused-ring (bicyclic) bond motifs is 1. The van der Waals surface area contributed by atoms with Crippen LogP contribution in [0.4, 0.5) is 17.6 Å². The average Bonchev–Trinajstić information content (AvgIpc) is 3.62. The fourth-order valence-corrected chi connectivity index (χ4v) is 6.15. The topological polar surface area (TPSA) is 106 Å². The fraction of sp³-hybridized carbons (Fsp3) is 0.161. The van der Waals surface area contributed by atoms with Crippen LogP contribution in [0.5, 0.6) is 6.08 Å². The van der Waals surface area contributed by atoms with E-state index in [0.29, 0.717) is 16.7 Å². The zero-order valence-corrected chi connectivity index (χ0v) is 27.6. The van der Waals surface area contributed by atoms with Crippen LogP contribution >= 0.6 is 11.3 Å². The predicted molar refractivity (Wildman–Crippen MR) is 154 cm³/mol. The van der Waals surface area contributed by atoms with Crippen LogP contribution < -0.4 is 67.7 Å². The van der Waals surface area contributed by atoms with E-state index in [1.807, 2.05) is 12.1 Å². The number of benzene rings is 3. The van der Waals surface area contributed by atoms with Crippen LogP contribution in [0, 0.1) is 5.82 Å². The molecule has 0 fully saturated rings. The first kappa shape index (κ1) is 33.0. The maximum atomic E-state index is 13.7. The standard InChI is InChI=1S/C31H22F4N4O4S.K/c32-21-11-7-18(8-12-21)13-14-38-27(40)25-15-22(16-31(33,34)35)44-28(25)39(30(38)42)17-19-5-9-20(10-6-19)23-3-1-2-4-24(23)26-36-29(41)43-37-26;/h1-12,15H,13-14,16-17H2,(H,36,37,41);/q;+1/p-1. The van der Waals surface area contributed by atoms with Crippen molar-refractivity contribution < 1.29 is 78.6 Å². The summed E-state index contributed by atoms with van der Waals surface area (Å²) in [6.45, 7) is -0.0506. The van der Waals surface area contributed by atoms with Gasteiger partial charge in [0.25, 0.3) is 5.56 Å². The Hall–Kier alpha value is -3.40. The van der Waals surface area contributed by atoms with E-state index in [1.165, 1.54) is 22.8 Å². The van der Waals surface area contributed by atoms with E-state index in [2.05, 4.69) is 14.7 Å². The van der Waals surface area contributed by atoms with E-state index < -0.39 is 35.7 Å². The van der Waals surface area contributed by atoms with Gasteiger partial charge in [-0.05, 0) is 46.9 Å². The summed E-state index contributed by atoms with van der Waals surface area (Å²) in [5, 5.41) is 15.2. The molecular weight excluding hydrogens is 640 g/mol. The Balaban J connectivity index is 0.00000400. The van der Waals surface area contributed by atoms with Crippen molar-refractivity contribution in [3.63, 3.8) is 0 Å². The average molecular weight is 661 g/mol. The summed E-state index contributed by atoms with van der Waals surface area (Å²) in [7, 11) is 0. The molecular formula is C31H21F4KN4O4S. The Morgan fingerprint density at radius 3 is 2.20 bits per heavy atom. The zero-order chi connectivity index (χ0) is 31.0. The number of halogens is 4. The quantitative estimate of drug-likeness (QED) is 0.184. The molecule has 0 radical (unpaired) electrons. The van der Waals surface area contributed by atoms with Crippen LogP contribution in [-0.2, 0) is 25.9 Å². The molecule has 6 rings (SSSR count). The first-order valence-electron chi connectivity index (χ1n) is 13.3. The summed E-state index contributed by atoms with van der Waals surface area (Å²) in [5.74, 6) is -0.287. The number of thiophene rings is 1. The molecule has 0 saturated carbocycles. The second-order valence-corrected chi connectivity index (χ2v) is 11.2. The fourth-order valence-electron chi connectivity index (χ4n) is 4.98. The van der Waals surface area contributed by atoms with E-state index in [4.69, 9.17) is 0 Å². The summed E-state index contributed by atoms with van der Waals surface area (Å²) in [4.78, 5) is 30.9. The van der Waals surface area contributed by atoms with E-state index in [0.717, 1.165) is 27.0 Å². The van der Waals surface area contributed by atoms with Crippen LogP contribution in [0.3, 0.4) is 0 Å².